The maximum atomic E-state index is 12.6. The molecule has 2 heterocycles. The molecule has 41 heavy (non-hydrogen) atoms. The van der Waals surface area contributed by atoms with Crippen LogP contribution >= 0.6 is 11.7 Å². The lowest BCUT2D eigenvalue weighted by atomic mass is 10.0. The number of hydrogen-bond acceptors (Lipinski definition) is 7. The molecule has 10 nitrogen and oxygen atoms in total. The number of rotatable bonds is 7. The number of urea groups is 1. The van der Waals surface area contributed by atoms with E-state index in [-0.39, 0.29) is 12.4 Å². The summed E-state index contributed by atoms with van der Waals surface area (Å²) in [5, 5.41) is 10.4. The van der Waals surface area contributed by atoms with Crippen molar-refractivity contribution >= 4 is 63.5 Å². The van der Waals surface area contributed by atoms with Gasteiger partial charge in [0.25, 0.3) is 0 Å². The van der Waals surface area contributed by atoms with Crippen molar-refractivity contribution < 1.29 is 24.2 Å². The topological polar surface area (TPSA) is 141 Å². The first-order valence-corrected chi connectivity index (χ1v) is 13.1. The van der Waals surface area contributed by atoms with Gasteiger partial charge in [0.1, 0.15) is 17.3 Å². The summed E-state index contributed by atoms with van der Waals surface area (Å²) >= 11 is 1.11. The molecule has 3 N–H and O–H groups in total. The lowest BCUT2D eigenvalue weighted by molar-refractivity contribution is 0.112. The molecule has 0 atom stereocenters. The van der Waals surface area contributed by atoms with Gasteiger partial charge in [-0.05, 0) is 53.6 Å². The van der Waals surface area contributed by atoms with Crippen LogP contribution in [0.2, 0.25) is 0 Å². The van der Waals surface area contributed by atoms with E-state index < -0.39 is 12.2 Å². The molecular weight excluding hydrogens is 542 g/mol. The van der Waals surface area contributed by atoms with Crippen LogP contribution in [0.15, 0.2) is 91.0 Å². The van der Waals surface area contributed by atoms with Crippen molar-refractivity contribution in [3.63, 3.8) is 0 Å². The van der Waals surface area contributed by atoms with Gasteiger partial charge < -0.3 is 20.1 Å². The highest BCUT2D eigenvalue weighted by atomic mass is 32.1. The van der Waals surface area contributed by atoms with Gasteiger partial charge in [0.05, 0.1) is 40.7 Å². The van der Waals surface area contributed by atoms with E-state index in [9.17, 15) is 19.5 Å². The lowest BCUT2D eigenvalue weighted by Gasteiger charge is -2.21. The number of para-hydroxylation sites is 1. The van der Waals surface area contributed by atoms with Crippen LogP contribution in [0.5, 0.6) is 5.88 Å². The first kappa shape index (κ1) is 25.7. The van der Waals surface area contributed by atoms with Gasteiger partial charge in [-0.15, -0.1) is 0 Å². The number of carbonyl (C=O) groups excluding carboxylic acids is 2. The number of amides is 2. The number of hydrogen-bond donors (Lipinski definition) is 2. The van der Waals surface area contributed by atoms with Gasteiger partial charge in [0.2, 0.25) is 5.88 Å². The van der Waals surface area contributed by atoms with Crippen molar-refractivity contribution in [1.29, 1.82) is 0 Å². The molecule has 4 aromatic carbocycles. The summed E-state index contributed by atoms with van der Waals surface area (Å²) in [5.41, 5.74) is 11.4. The SMILES string of the molecule is NC(=O)N(c1ccccc1)c1ccc2c(c1)c(-c1ccc(C=O)cc1)c(OC(=O)O)n2Cc1ccc2nsnc2c1. The Kier molecular flexibility index (Phi) is 6.62. The predicted molar refractivity (Wildman–Crippen MR) is 156 cm³/mol. The number of aldehydes is 1. The van der Waals surface area contributed by atoms with Crippen LogP contribution < -0.4 is 15.4 Å². The van der Waals surface area contributed by atoms with Crippen LogP contribution in [-0.4, -0.2) is 36.9 Å². The molecule has 11 heteroatoms. The Morgan fingerprint density at radius 1 is 0.927 bits per heavy atom. The third-order valence-electron chi connectivity index (χ3n) is 6.67. The first-order valence-electron chi connectivity index (χ1n) is 12.4. The summed E-state index contributed by atoms with van der Waals surface area (Å²) in [5.74, 6) is 0.0883. The molecule has 0 bridgehead atoms. The van der Waals surface area contributed by atoms with Gasteiger partial charge in [-0.2, -0.15) is 8.75 Å². The summed E-state index contributed by atoms with van der Waals surface area (Å²) in [4.78, 5) is 37.2. The smallest absolute Gasteiger partial charge is 0.449 e. The highest BCUT2D eigenvalue weighted by molar-refractivity contribution is 7.00. The summed E-state index contributed by atoms with van der Waals surface area (Å²) in [6.45, 7) is 0.260. The van der Waals surface area contributed by atoms with Gasteiger partial charge in [-0.3, -0.25) is 9.69 Å². The second kappa shape index (κ2) is 10.5. The van der Waals surface area contributed by atoms with Crippen molar-refractivity contribution in [3.8, 4) is 17.0 Å². The zero-order valence-corrected chi connectivity index (χ0v) is 22.1. The molecule has 2 aromatic heterocycles. The second-order valence-corrected chi connectivity index (χ2v) is 9.70. The highest BCUT2D eigenvalue weighted by Gasteiger charge is 2.25. The molecule has 0 saturated heterocycles. The first-order chi connectivity index (χ1) is 19.9. The number of carboxylic acid groups (broad SMARTS) is 1. The van der Waals surface area contributed by atoms with E-state index >= 15 is 0 Å². The van der Waals surface area contributed by atoms with Crippen molar-refractivity contribution in [2.24, 2.45) is 5.73 Å². The molecule has 202 valence electrons. The number of fused-ring (bicyclic) bond motifs is 2. The fourth-order valence-corrected chi connectivity index (χ4v) is 5.42. The minimum Gasteiger partial charge on any atom is -0.449 e. The fourth-order valence-electron chi connectivity index (χ4n) is 4.90. The summed E-state index contributed by atoms with van der Waals surface area (Å²) in [6, 6.07) is 26.0. The Morgan fingerprint density at radius 2 is 1.68 bits per heavy atom. The maximum absolute atomic E-state index is 12.6. The van der Waals surface area contributed by atoms with Crippen LogP contribution in [0.1, 0.15) is 15.9 Å². The summed E-state index contributed by atoms with van der Waals surface area (Å²) in [7, 11) is 0. The van der Waals surface area contributed by atoms with Crippen molar-refractivity contribution in [2.75, 3.05) is 4.90 Å². The molecule has 0 aliphatic heterocycles. The molecule has 0 radical (unpaired) electrons. The van der Waals surface area contributed by atoms with Gasteiger partial charge in [0, 0.05) is 10.9 Å². The van der Waals surface area contributed by atoms with Crippen LogP contribution in [0.4, 0.5) is 21.0 Å². The fraction of sp³-hybridized carbons (Fsp3) is 0.0333. The van der Waals surface area contributed by atoms with E-state index in [1.54, 1.807) is 71.3 Å². The molecular formula is C30H21N5O5S. The predicted octanol–water partition coefficient (Wildman–Crippen LogP) is 6.45. The number of benzene rings is 4. The molecule has 0 spiro atoms. The van der Waals surface area contributed by atoms with E-state index in [0.29, 0.717) is 39.0 Å². The Morgan fingerprint density at radius 3 is 2.39 bits per heavy atom. The van der Waals surface area contributed by atoms with Crippen LogP contribution in [0.25, 0.3) is 33.1 Å². The van der Waals surface area contributed by atoms with E-state index in [1.165, 1.54) is 4.90 Å². The number of carbonyl (C=O) groups is 3. The third-order valence-corrected chi connectivity index (χ3v) is 7.23. The third kappa shape index (κ3) is 4.85. The van der Waals surface area contributed by atoms with Gasteiger partial charge in [-0.25, -0.2) is 9.59 Å². The normalized spacial score (nSPS) is 11.0. The number of aromatic nitrogens is 3. The quantitative estimate of drug-likeness (QED) is 0.168. The Labute approximate surface area is 237 Å². The molecule has 2 amide bonds. The summed E-state index contributed by atoms with van der Waals surface area (Å²) < 4.78 is 15.8. The molecule has 0 saturated carbocycles. The Bertz CT molecular complexity index is 1930. The monoisotopic (exact) mass is 563 g/mol. The van der Waals surface area contributed by atoms with Crippen LogP contribution in [-0.2, 0) is 6.54 Å². The molecule has 6 aromatic rings. The van der Waals surface area contributed by atoms with Crippen molar-refractivity contribution in [1.82, 2.24) is 13.3 Å². The summed E-state index contributed by atoms with van der Waals surface area (Å²) in [6.07, 6.45) is -0.754. The van der Waals surface area contributed by atoms with Crippen LogP contribution in [0, 0.1) is 0 Å². The standard InChI is InChI=1S/C30H21N5O5S/c31-29(37)35(21-4-2-1-3-5-21)22-11-13-26-23(15-22)27(20-9-6-18(17-36)7-10-20)28(40-30(38)39)34(26)16-19-8-12-24-25(14-19)33-41-32-24/h1-15,17H,16H2,(H2,31,37)(H,38,39). The minimum absolute atomic E-state index is 0.0883. The molecule has 0 unspecified atom stereocenters. The number of ether oxygens (including phenoxy) is 1. The lowest BCUT2D eigenvalue weighted by Crippen LogP contribution is -2.31. The molecule has 0 fully saturated rings. The molecule has 0 aliphatic rings. The zero-order valence-electron chi connectivity index (χ0n) is 21.3. The number of primary amides is 1. The molecule has 6 rings (SSSR count). The Balaban J connectivity index is 1.60. The van der Waals surface area contributed by atoms with Gasteiger partial charge in [0.15, 0.2) is 0 Å². The zero-order chi connectivity index (χ0) is 28.5. The average Bonchev–Trinajstić information content (AvgIpc) is 3.55. The Hall–Kier alpha value is -5.55. The maximum Gasteiger partial charge on any atom is 0.512 e. The van der Waals surface area contributed by atoms with E-state index in [4.69, 9.17) is 10.5 Å². The average molecular weight is 564 g/mol. The van der Waals surface area contributed by atoms with Crippen LogP contribution in [0.3, 0.4) is 0 Å². The second-order valence-electron chi connectivity index (χ2n) is 9.17. The van der Waals surface area contributed by atoms with Crippen molar-refractivity contribution in [2.45, 2.75) is 6.54 Å². The highest BCUT2D eigenvalue weighted by Crippen LogP contribution is 2.43. The van der Waals surface area contributed by atoms with Crippen molar-refractivity contribution in [3.05, 3.63) is 102 Å². The van der Waals surface area contributed by atoms with Gasteiger partial charge >= 0.3 is 12.2 Å². The van der Waals surface area contributed by atoms with Gasteiger partial charge in [-0.1, -0.05) is 48.5 Å². The van der Waals surface area contributed by atoms with E-state index in [2.05, 4.69) is 8.75 Å². The number of nitrogens with zero attached hydrogens (tertiary/aromatic N) is 4. The molecule has 0 aliphatic carbocycles. The minimum atomic E-state index is -1.48. The largest absolute Gasteiger partial charge is 0.512 e. The number of nitrogens with two attached hydrogens (primary N) is 1. The number of anilines is 2. The van der Waals surface area contributed by atoms with E-state index in [0.717, 1.165) is 34.6 Å². The van der Waals surface area contributed by atoms with E-state index in [1.807, 2.05) is 24.3 Å².